The van der Waals surface area contributed by atoms with Gasteiger partial charge in [0.05, 0.1) is 18.3 Å². The van der Waals surface area contributed by atoms with E-state index in [0.29, 0.717) is 11.2 Å². The van der Waals surface area contributed by atoms with Crippen LogP contribution in [-0.2, 0) is 16.9 Å². The summed E-state index contributed by atoms with van der Waals surface area (Å²) >= 11 is 6.09. The highest BCUT2D eigenvalue weighted by Crippen LogP contribution is 2.44. The van der Waals surface area contributed by atoms with E-state index in [4.69, 9.17) is 21.3 Å². The zero-order valence-corrected chi connectivity index (χ0v) is 13.5. The van der Waals surface area contributed by atoms with Crippen LogP contribution < -0.4 is 0 Å². The lowest BCUT2D eigenvalue weighted by Gasteiger charge is -2.41. The molecule has 2 saturated heterocycles. The molecule has 22 heavy (non-hydrogen) atoms. The van der Waals surface area contributed by atoms with Gasteiger partial charge in [-0.2, -0.15) is 0 Å². The van der Waals surface area contributed by atoms with Crippen molar-refractivity contribution in [1.29, 1.82) is 0 Å². The molecule has 2 aromatic heterocycles. The van der Waals surface area contributed by atoms with Crippen molar-refractivity contribution < 1.29 is 4.74 Å². The van der Waals surface area contributed by atoms with E-state index in [1.54, 1.807) is 6.20 Å². The number of fused-ring (bicyclic) bond motifs is 4. The summed E-state index contributed by atoms with van der Waals surface area (Å²) in [6.07, 6.45) is 4.56. The predicted octanol–water partition coefficient (Wildman–Crippen LogP) is 2.77. The van der Waals surface area contributed by atoms with E-state index in [9.17, 15) is 0 Å². The molecule has 0 N–H and O–H groups in total. The van der Waals surface area contributed by atoms with Gasteiger partial charge in [0.25, 0.3) is 0 Å². The Bertz CT molecular complexity index is 765. The van der Waals surface area contributed by atoms with Crippen LogP contribution in [0.4, 0.5) is 0 Å². The summed E-state index contributed by atoms with van der Waals surface area (Å²) in [5.74, 6) is 1.85. The molecule has 6 heteroatoms. The summed E-state index contributed by atoms with van der Waals surface area (Å²) in [6.45, 7) is 6.20. The molecule has 1 aliphatic carbocycles. The number of ether oxygens (including phenoxy) is 1. The molecule has 0 radical (unpaired) electrons. The maximum Gasteiger partial charge on any atom is 0.142 e. The summed E-state index contributed by atoms with van der Waals surface area (Å²) in [7, 11) is 0. The van der Waals surface area contributed by atoms with Gasteiger partial charge in [-0.1, -0.05) is 11.6 Å². The van der Waals surface area contributed by atoms with Crippen molar-refractivity contribution in [3.05, 3.63) is 23.2 Å². The minimum atomic E-state index is -0.401. The average molecular weight is 319 g/mol. The zero-order chi connectivity index (χ0) is 15.1. The lowest BCUT2D eigenvalue weighted by atomic mass is 9.86. The fourth-order valence-electron chi connectivity index (χ4n) is 4.33. The number of hydrogen-bond acceptors (Lipinski definition) is 4. The number of hydrogen-bond donors (Lipinski definition) is 0. The van der Waals surface area contributed by atoms with Crippen molar-refractivity contribution in [1.82, 2.24) is 19.4 Å². The van der Waals surface area contributed by atoms with Crippen molar-refractivity contribution in [2.45, 2.75) is 51.1 Å². The minimum absolute atomic E-state index is 0.129. The summed E-state index contributed by atoms with van der Waals surface area (Å²) < 4.78 is 8.70. The fourth-order valence-corrected chi connectivity index (χ4v) is 4.48. The Morgan fingerprint density at radius 2 is 2.14 bits per heavy atom. The fraction of sp³-hybridized carbons (Fsp3) is 0.625. The average Bonchev–Trinajstić information content (AvgIpc) is 3.08. The predicted molar refractivity (Wildman–Crippen MR) is 83.7 cm³/mol. The second-order valence-corrected chi connectivity index (χ2v) is 7.70. The standard InChI is InChI=1S/C16H19ClN4O/c1-16(2)15-19-11-6-18-13(17)5-12(11)21(15)8-14(22-16)20-7-9-3-10(20)4-9/h5-6,9-10,14H,3-4,7-8H2,1-2H3. The molecule has 2 bridgehead atoms. The third-order valence-corrected chi connectivity index (χ3v) is 5.63. The van der Waals surface area contributed by atoms with Crippen LogP contribution in [0.1, 0.15) is 32.5 Å². The van der Waals surface area contributed by atoms with Crippen LogP contribution in [-0.4, -0.2) is 38.2 Å². The molecule has 0 amide bonds. The normalized spacial score (nSPS) is 33.0. The lowest BCUT2D eigenvalue weighted by Crippen LogP contribution is -2.49. The van der Waals surface area contributed by atoms with E-state index in [1.807, 2.05) is 6.07 Å². The maximum absolute atomic E-state index is 6.43. The van der Waals surface area contributed by atoms with Gasteiger partial charge in [-0.05, 0) is 32.6 Å². The van der Waals surface area contributed by atoms with Gasteiger partial charge in [-0.25, -0.2) is 9.97 Å². The first-order chi connectivity index (χ1) is 10.5. The first-order valence-corrected chi connectivity index (χ1v) is 8.35. The van der Waals surface area contributed by atoms with Gasteiger partial charge in [0.1, 0.15) is 28.3 Å². The highest BCUT2D eigenvalue weighted by Gasteiger charge is 2.49. The molecule has 1 unspecified atom stereocenters. The molecular formula is C16H19ClN4O. The summed E-state index contributed by atoms with van der Waals surface area (Å²) in [5.41, 5.74) is 1.55. The van der Waals surface area contributed by atoms with Crippen LogP contribution in [0, 0.1) is 5.92 Å². The summed E-state index contributed by atoms with van der Waals surface area (Å²) in [5, 5.41) is 0.513. The molecule has 6 rings (SSSR count). The highest BCUT2D eigenvalue weighted by atomic mass is 35.5. The van der Waals surface area contributed by atoms with Gasteiger partial charge in [-0.15, -0.1) is 0 Å². The number of halogens is 1. The quantitative estimate of drug-likeness (QED) is 0.758. The van der Waals surface area contributed by atoms with Gasteiger partial charge in [0.2, 0.25) is 0 Å². The number of nitrogens with zero attached hydrogens (tertiary/aromatic N) is 4. The van der Waals surface area contributed by atoms with Crippen molar-refractivity contribution in [3.63, 3.8) is 0 Å². The minimum Gasteiger partial charge on any atom is -0.347 e. The Morgan fingerprint density at radius 3 is 2.86 bits per heavy atom. The molecule has 4 aliphatic rings. The largest absolute Gasteiger partial charge is 0.347 e. The Morgan fingerprint density at radius 1 is 1.32 bits per heavy atom. The Hall–Kier alpha value is -1.17. The molecule has 3 aliphatic heterocycles. The van der Waals surface area contributed by atoms with E-state index in [0.717, 1.165) is 29.3 Å². The smallest absolute Gasteiger partial charge is 0.142 e. The van der Waals surface area contributed by atoms with Gasteiger partial charge in [0, 0.05) is 18.7 Å². The monoisotopic (exact) mass is 318 g/mol. The summed E-state index contributed by atoms with van der Waals surface area (Å²) in [6, 6.07) is 2.63. The topological polar surface area (TPSA) is 43.2 Å². The van der Waals surface area contributed by atoms with Crippen LogP contribution in [0.2, 0.25) is 5.15 Å². The first kappa shape index (κ1) is 13.3. The lowest BCUT2D eigenvalue weighted by molar-refractivity contribution is -0.172. The van der Waals surface area contributed by atoms with E-state index in [2.05, 4.69) is 28.3 Å². The Balaban J connectivity index is 1.61. The molecule has 5 heterocycles. The van der Waals surface area contributed by atoms with Crippen molar-refractivity contribution in [2.75, 3.05) is 6.54 Å². The van der Waals surface area contributed by atoms with Crippen molar-refractivity contribution >= 4 is 22.6 Å². The third kappa shape index (κ3) is 1.73. The van der Waals surface area contributed by atoms with Gasteiger partial charge in [0.15, 0.2) is 0 Å². The molecule has 0 spiro atoms. The molecule has 1 saturated carbocycles. The molecule has 2 aromatic rings. The highest BCUT2D eigenvalue weighted by molar-refractivity contribution is 6.29. The second-order valence-electron chi connectivity index (χ2n) is 7.31. The van der Waals surface area contributed by atoms with Crippen molar-refractivity contribution in [3.8, 4) is 0 Å². The first-order valence-electron chi connectivity index (χ1n) is 7.97. The molecule has 0 aromatic carbocycles. The molecule has 1 atom stereocenters. The summed E-state index contributed by atoms with van der Waals surface area (Å²) in [4.78, 5) is 11.4. The molecular weight excluding hydrogens is 300 g/mol. The molecule has 116 valence electrons. The number of pyridine rings is 1. The van der Waals surface area contributed by atoms with Crippen LogP contribution >= 0.6 is 11.6 Å². The van der Waals surface area contributed by atoms with E-state index in [-0.39, 0.29) is 6.23 Å². The van der Waals surface area contributed by atoms with Gasteiger partial charge in [-0.3, -0.25) is 4.90 Å². The van der Waals surface area contributed by atoms with Crippen LogP contribution in [0.25, 0.3) is 11.0 Å². The maximum atomic E-state index is 6.43. The molecule has 3 fully saturated rings. The van der Waals surface area contributed by atoms with E-state index in [1.165, 1.54) is 19.4 Å². The third-order valence-electron chi connectivity index (χ3n) is 5.43. The number of aromatic nitrogens is 3. The van der Waals surface area contributed by atoms with Crippen LogP contribution in [0.5, 0.6) is 0 Å². The van der Waals surface area contributed by atoms with Gasteiger partial charge < -0.3 is 9.30 Å². The van der Waals surface area contributed by atoms with E-state index >= 15 is 0 Å². The number of rotatable bonds is 1. The van der Waals surface area contributed by atoms with Gasteiger partial charge >= 0.3 is 0 Å². The van der Waals surface area contributed by atoms with Crippen molar-refractivity contribution in [2.24, 2.45) is 5.92 Å². The SMILES string of the molecule is CC1(C)OC(N2CC3CC2C3)Cn2c1nc1cnc(Cl)cc12. The van der Waals surface area contributed by atoms with Crippen LogP contribution in [0.3, 0.4) is 0 Å². The molecule has 5 nitrogen and oxygen atoms in total. The Kier molecular flexibility index (Phi) is 2.55. The van der Waals surface area contributed by atoms with Crippen LogP contribution in [0.15, 0.2) is 12.3 Å². The Labute approximate surface area is 134 Å². The zero-order valence-electron chi connectivity index (χ0n) is 12.8. The second kappa shape index (κ2) is 4.22. The van der Waals surface area contributed by atoms with E-state index < -0.39 is 5.60 Å². The number of imidazole rings is 1.